The van der Waals surface area contributed by atoms with E-state index in [0.717, 1.165) is 36.3 Å². The van der Waals surface area contributed by atoms with E-state index >= 15 is 0 Å². The average Bonchev–Trinajstić information content (AvgIpc) is 2.61. The van der Waals surface area contributed by atoms with E-state index in [1.807, 2.05) is 6.07 Å². The van der Waals surface area contributed by atoms with Crippen molar-refractivity contribution in [1.82, 2.24) is 10.3 Å². The maximum Gasteiger partial charge on any atom is 0.251 e. The molecule has 1 unspecified atom stereocenters. The molecule has 4 rings (SSSR count). The molecule has 1 amide bonds. The number of amides is 1. The largest absolute Gasteiger partial charge is 0.486 e. The lowest BCUT2D eigenvalue weighted by Crippen LogP contribution is -2.31. The van der Waals surface area contributed by atoms with Crippen LogP contribution in [0.25, 0.3) is 0 Å². The molecule has 1 aliphatic carbocycles. The van der Waals surface area contributed by atoms with Crippen LogP contribution >= 0.6 is 0 Å². The van der Waals surface area contributed by atoms with E-state index < -0.39 is 0 Å². The van der Waals surface area contributed by atoms with Crippen molar-refractivity contribution >= 4 is 5.91 Å². The first-order valence-corrected chi connectivity index (χ1v) is 7.94. The van der Waals surface area contributed by atoms with Crippen molar-refractivity contribution in [3.63, 3.8) is 0 Å². The van der Waals surface area contributed by atoms with Crippen molar-refractivity contribution in [3.05, 3.63) is 53.3 Å². The standard InChI is InChI=1S/C18H18N2O3/c21-18(12-4-6-19-7-5-12)20-15-3-1-2-13-10-16-17(11-14(13)15)23-9-8-22-16/h4-7,10-11,15H,1-3,8-9H2,(H,20,21). The number of carbonyl (C=O) groups excluding carboxylic acids is 1. The third-order valence-corrected chi connectivity index (χ3v) is 4.37. The Morgan fingerprint density at radius 3 is 2.65 bits per heavy atom. The molecular formula is C18H18N2O3. The molecule has 5 heteroatoms. The number of aromatic nitrogens is 1. The zero-order valence-electron chi connectivity index (χ0n) is 12.7. The third-order valence-electron chi connectivity index (χ3n) is 4.37. The van der Waals surface area contributed by atoms with Gasteiger partial charge >= 0.3 is 0 Å². The van der Waals surface area contributed by atoms with Crippen molar-refractivity contribution < 1.29 is 14.3 Å². The van der Waals surface area contributed by atoms with Gasteiger partial charge in [-0.15, -0.1) is 0 Å². The summed E-state index contributed by atoms with van der Waals surface area (Å²) < 4.78 is 11.3. The summed E-state index contributed by atoms with van der Waals surface area (Å²) in [5.74, 6) is 1.52. The summed E-state index contributed by atoms with van der Waals surface area (Å²) in [6.07, 6.45) is 6.25. The Morgan fingerprint density at radius 1 is 1.13 bits per heavy atom. The fourth-order valence-electron chi connectivity index (χ4n) is 3.23. The van der Waals surface area contributed by atoms with Crippen LogP contribution in [0.4, 0.5) is 0 Å². The number of fused-ring (bicyclic) bond motifs is 2. The minimum atomic E-state index is -0.0693. The van der Waals surface area contributed by atoms with E-state index in [0.29, 0.717) is 18.8 Å². The minimum Gasteiger partial charge on any atom is -0.486 e. The summed E-state index contributed by atoms with van der Waals surface area (Å²) in [6.45, 7) is 1.16. The SMILES string of the molecule is O=C(NC1CCCc2cc3c(cc21)OCCO3)c1ccncc1. The van der Waals surface area contributed by atoms with E-state index in [1.54, 1.807) is 24.5 Å². The van der Waals surface area contributed by atoms with Crippen LogP contribution in [0.15, 0.2) is 36.7 Å². The maximum atomic E-state index is 12.4. The highest BCUT2D eigenvalue weighted by molar-refractivity contribution is 5.94. The number of pyridine rings is 1. The number of hydrogen-bond acceptors (Lipinski definition) is 4. The van der Waals surface area contributed by atoms with Crippen LogP contribution in [0.3, 0.4) is 0 Å². The highest BCUT2D eigenvalue weighted by Gasteiger charge is 2.25. The minimum absolute atomic E-state index is 0.00948. The van der Waals surface area contributed by atoms with Gasteiger partial charge in [-0.3, -0.25) is 9.78 Å². The maximum absolute atomic E-state index is 12.4. The second kappa shape index (κ2) is 5.91. The van der Waals surface area contributed by atoms with Crippen LogP contribution in [-0.2, 0) is 6.42 Å². The van der Waals surface area contributed by atoms with E-state index in [1.165, 1.54) is 5.56 Å². The molecule has 0 fully saturated rings. The lowest BCUT2D eigenvalue weighted by atomic mass is 9.87. The molecule has 0 saturated carbocycles. The molecular weight excluding hydrogens is 292 g/mol. The number of nitrogens with zero attached hydrogens (tertiary/aromatic N) is 1. The molecule has 0 spiro atoms. The number of aryl methyl sites for hydroxylation is 1. The zero-order chi connectivity index (χ0) is 15.6. The number of rotatable bonds is 2. The van der Waals surface area contributed by atoms with Crippen LogP contribution < -0.4 is 14.8 Å². The summed E-state index contributed by atoms with van der Waals surface area (Å²) in [7, 11) is 0. The summed E-state index contributed by atoms with van der Waals surface area (Å²) in [4.78, 5) is 16.4. The summed E-state index contributed by atoms with van der Waals surface area (Å²) in [5, 5.41) is 3.14. The van der Waals surface area contributed by atoms with Gasteiger partial charge in [0.1, 0.15) is 13.2 Å². The summed E-state index contributed by atoms with van der Waals surface area (Å²) in [6, 6.07) is 7.55. The molecule has 1 aliphatic heterocycles. The summed E-state index contributed by atoms with van der Waals surface area (Å²) >= 11 is 0. The molecule has 1 N–H and O–H groups in total. The quantitative estimate of drug-likeness (QED) is 0.926. The lowest BCUT2D eigenvalue weighted by molar-refractivity contribution is 0.0932. The Kier molecular flexibility index (Phi) is 3.61. The Balaban J connectivity index is 1.61. The molecule has 0 radical (unpaired) electrons. The number of ether oxygens (including phenoxy) is 2. The molecule has 118 valence electrons. The Bertz CT molecular complexity index is 731. The van der Waals surface area contributed by atoms with Gasteiger partial charge in [0, 0.05) is 18.0 Å². The molecule has 23 heavy (non-hydrogen) atoms. The van der Waals surface area contributed by atoms with Crippen LogP contribution in [-0.4, -0.2) is 24.1 Å². The molecule has 1 aromatic heterocycles. The summed E-state index contributed by atoms with van der Waals surface area (Å²) in [5.41, 5.74) is 3.01. The Hall–Kier alpha value is -2.56. The average molecular weight is 310 g/mol. The number of carbonyl (C=O) groups is 1. The monoisotopic (exact) mass is 310 g/mol. The Morgan fingerprint density at radius 2 is 1.87 bits per heavy atom. The van der Waals surface area contributed by atoms with Crippen LogP contribution in [0, 0.1) is 0 Å². The highest BCUT2D eigenvalue weighted by Crippen LogP contribution is 2.39. The predicted molar refractivity (Wildman–Crippen MR) is 84.8 cm³/mol. The van der Waals surface area contributed by atoms with Gasteiger partial charge in [-0.1, -0.05) is 0 Å². The first-order chi connectivity index (χ1) is 11.3. The second-order valence-corrected chi connectivity index (χ2v) is 5.85. The van der Waals surface area contributed by atoms with Crippen LogP contribution in [0.5, 0.6) is 11.5 Å². The van der Waals surface area contributed by atoms with Gasteiger partial charge in [-0.25, -0.2) is 0 Å². The zero-order valence-corrected chi connectivity index (χ0v) is 12.7. The van der Waals surface area contributed by atoms with Crippen molar-refractivity contribution in [3.8, 4) is 11.5 Å². The van der Waals surface area contributed by atoms with Gasteiger partial charge in [0.25, 0.3) is 5.91 Å². The smallest absolute Gasteiger partial charge is 0.251 e. The van der Waals surface area contributed by atoms with Gasteiger partial charge in [0.05, 0.1) is 6.04 Å². The normalized spacial score (nSPS) is 18.9. The molecule has 2 heterocycles. The number of nitrogens with one attached hydrogen (secondary N) is 1. The molecule has 0 bridgehead atoms. The van der Waals surface area contributed by atoms with Gasteiger partial charge in [-0.2, -0.15) is 0 Å². The van der Waals surface area contributed by atoms with Crippen LogP contribution in [0.1, 0.15) is 40.4 Å². The van der Waals surface area contributed by atoms with E-state index in [4.69, 9.17) is 9.47 Å². The van der Waals surface area contributed by atoms with Crippen molar-refractivity contribution in [2.24, 2.45) is 0 Å². The topological polar surface area (TPSA) is 60.5 Å². The van der Waals surface area contributed by atoms with E-state index in [-0.39, 0.29) is 11.9 Å². The molecule has 1 aromatic carbocycles. The van der Waals surface area contributed by atoms with Crippen LogP contribution in [0.2, 0.25) is 0 Å². The molecule has 1 atom stereocenters. The number of benzene rings is 1. The van der Waals surface area contributed by atoms with E-state index in [2.05, 4.69) is 16.4 Å². The van der Waals surface area contributed by atoms with Gasteiger partial charge in [-0.05, 0) is 54.7 Å². The number of hydrogen-bond donors (Lipinski definition) is 1. The Labute approximate surface area is 134 Å². The first-order valence-electron chi connectivity index (χ1n) is 7.94. The molecule has 2 aromatic rings. The lowest BCUT2D eigenvalue weighted by Gasteiger charge is -2.29. The third kappa shape index (κ3) is 2.74. The van der Waals surface area contributed by atoms with Gasteiger partial charge in [0.15, 0.2) is 11.5 Å². The predicted octanol–water partition coefficient (Wildman–Crippen LogP) is 2.66. The molecule has 2 aliphatic rings. The van der Waals surface area contributed by atoms with Crippen molar-refractivity contribution in [2.75, 3.05) is 13.2 Å². The van der Waals surface area contributed by atoms with Crippen molar-refractivity contribution in [2.45, 2.75) is 25.3 Å². The molecule has 5 nitrogen and oxygen atoms in total. The molecule has 0 saturated heterocycles. The highest BCUT2D eigenvalue weighted by atomic mass is 16.6. The van der Waals surface area contributed by atoms with E-state index in [9.17, 15) is 4.79 Å². The van der Waals surface area contributed by atoms with Gasteiger partial charge < -0.3 is 14.8 Å². The fraction of sp³-hybridized carbons (Fsp3) is 0.333. The van der Waals surface area contributed by atoms with Gasteiger partial charge in [0.2, 0.25) is 0 Å². The fourth-order valence-corrected chi connectivity index (χ4v) is 3.23. The second-order valence-electron chi connectivity index (χ2n) is 5.85. The first kappa shape index (κ1) is 14.1. The van der Waals surface area contributed by atoms with Crippen molar-refractivity contribution in [1.29, 1.82) is 0 Å².